The van der Waals surface area contributed by atoms with Crippen molar-refractivity contribution in [3.63, 3.8) is 0 Å². The van der Waals surface area contributed by atoms with Gasteiger partial charge in [-0.25, -0.2) is 0 Å². The van der Waals surface area contributed by atoms with Crippen LogP contribution in [-0.2, 0) is 23.2 Å². The van der Waals surface area contributed by atoms with Crippen molar-refractivity contribution in [2.45, 2.75) is 123 Å². The fourth-order valence-electron chi connectivity index (χ4n) is 5.24. The molecule has 232 valence electrons. The minimum Gasteiger partial charge on any atom is -1.00 e. The predicted molar refractivity (Wildman–Crippen MR) is 174 cm³/mol. The SMILES string of the molecule is CCCCCCCCCCCCCCOc1c(CC(=O)Nc2ccc(C[n+]3ccsc3)cc2)cccc1C(C)(C)C.[Br-]. The number of nitrogens with zero attached hydrogens (tertiary/aromatic N) is 1. The van der Waals surface area contributed by atoms with E-state index in [1.165, 1.54) is 76.2 Å². The number of aromatic nitrogens is 1. The highest BCUT2D eigenvalue weighted by Gasteiger charge is 2.22. The van der Waals surface area contributed by atoms with Crippen molar-refractivity contribution in [1.29, 1.82) is 0 Å². The molecule has 1 amide bonds. The molecule has 0 atom stereocenters. The van der Waals surface area contributed by atoms with Crippen molar-refractivity contribution in [3.8, 4) is 5.75 Å². The van der Waals surface area contributed by atoms with Gasteiger partial charge in [-0.2, -0.15) is 4.57 Å². The van der Waals surface area contributed by atoms with Crippen LogP contribution in [0.2, 0.25) is 0 Å². The van der Waals surface area contributed by atoms with Gasteiger partial charge in [0.2, 0.25) is 11.4 Å². The van der Waals surface area contributed by atoms with Gasteiger partial charge < -0.3 is 27.0 Å². The maximum absolute atomic E-state index is 13.1. The molecule has 3 rings (SSSR count). The zero-order valence-corrected chi connectivity index (χ0v) is 28.8. The molecule has 0 saturated carbocycles. The Morgan fingerprint density at radius 2 is 1.48 bits per heavy atom. The summed E-state index contributed by atoms with van der Waals surface area (Å²) in [4.78, 5) is 13.1. The van der Waals surface area contributed by atoms with Gasteiger partial charge in [0.05, 0.1) is 18.4 Å². The Labute approximate surface area is 270 Å². The molecule has 2 aromatic carbocycles. The number of anilines is 1. The van der Waals surface area contributed by atoms with Gasteiger partial charge in [-0.3, -0.25) is 4.79 Å². The second-order valence-electron chi connectivity index (χ2n) is 12.4. The molecule has 1 heterocycles. The first-order valence-corrected chi connectivity index (χ1v) is 16.9. The standard InChI is InChI=1S/C36H52N2O2S.BrH/c1-5-6-7-8-9-10-11-12-13-14-15-16-25-40-35-31(18-17-19-33(35)36(2,3)4)27-34(39)37-32-22-20-30(21-23-32)28-38-24-26-41-29-38;/h17-24,26,29H,5-16,25,27-28H2,1-4H3;1H. The van der Waals surface area contributed by atoms with E-state index in [-0.39, 0.29) is 28.3 Å². The van der Waals surface area contributed by atoms with E-state index in [1.807, 2.05) is 18.2 Å². The summed E-state index contributed by atoms with van der Waals surface area (Å²) in [5, 5.41) is 5.15. The van der Waals surface area contributed by atoms with Crippen LogP contribution in [0.1, 0.15) is 121 Å². The van der Waals surface area contributed by atoms with Crippen LogP contribution in [0.5, 0.6) is 5.75 Å². The number of amides is 1. The minimum atomic E-state index is -0.0609. The summed E-state index contributed by atoms with van der Waals surface area (Å²) >= 11 is 1.68. The lowest BCUT2D eigenvalue weighted by atomic mass is 9.84. The van der Waals surface area contributed by atoms with E-state index in [0.29, 0.717) is 13.0 Å². The number of hydrogen-bond donors (Lipinski definition) is 1. The lowest BCUT2D eigenvalue weighted by molar-refractivity contribution is -0.683. The lowest BCUT2D eigenvalue weighted by Gasteiger charge is -2.25. The monoisotopic (exact) mass is 656 g/mol. The van der Waals surface area contributed by atoms with E-state index in [9.17, 15) is 4.79 Å². The van der Waals surface area contributed by atoms with Gasteiger partial charge in [0.25, 0.3) is 0 Å². The number of benzene rings is 2. The number of carbonyl (C=O) groups is 1. The summed E-state index contributed by atoms with van der Waals surface area (Å²) in [5.74, 6) is 0.868. The molecule has 6 heteroatoms. The fraction of sp³-hybridized carbons (Fsp3) is 0.556. The molecule has 0 saturated heterocycles. The number of halogens is 1. The van der Waals surface area contributed by atoms with Gasteiger partial charge in [0.15, 0.2) is 12.7 Å². The average molecular weight is 658 g/mol. The van der Waals surface area contributed by atoms with Crippen LogP contribution in [0.25, 0.3) is 0 Å². The summed E-state index contributed by atoms with van der Waals surface area (Å²) in [7, 11) is 0. The Hall–Kier alpha value is -2.18. The average Bonchev–Trinajstić information content (AvgIpc) is 3.45. The number of para-hydroxylation sites is 1. The summed E-state index contributed by atoms with van der Waals surface area (Å²) in [6.45, 7) is 10.4. The van der Waals surface area contributed by atoms with Crippen molar-refractivity contribution in [2.24, 2.45) is 0 Å². The first kappa shape index (κ1) is 36.0. The molecule has 0 aliphatic carbocycles. The molecule has 0 fully saturated rings. The van der Waals surface area contributed by atoms with Crippen LogP contribution in [0.4, 0.5) is 5.69 Å². The Morgan fingerprint density at radius 1 is 0.857 bits per heavy atom. The smallest absolute Gasteiger partial charge is 0.228 e. The Kier molecular flexibility index (Phi) is 17.1. The van der Waals surface area contributed by atoms with Crippen molar-refractivity contribution in [1.82, 2.24) is 0 Å². The van der Waals surface area contributed by atoms with E-state index in [1.54, 1.807) is 11.3 Å². The molecule has 1 aromatic heterocycles. The van der Waals surface area contributed by atoms with Crippen molar-refractivity contribution in [2.75, 3.05) is 11.9 Å². The van der Waals surface area contributed by atoms with Crippen LogP contribution in [0.3, 0.4) is 0 Å². The second-order valence-corrected chi connectivity index (χ2v) is 13.2. The number of thiazole rings is 1. The number of hydrogen-bond acceptors (Lipinski definition) is 3. The minimum absolute atomic E-state index is 0. The highest BCUT2D eigenvalue weighted by Crippen LogP contribution is 2.35. The predicted octanol–water partition coefficient (Wildman–Crippen LogP) is 6.65. The summed E-state index contributed by atoms with van der Waals surface area (Å²) in [6, 6.07) is 14.3. The molecular formula is C36H53BrN2O2S. The van der Waals surface area contributed by atoms with Gasteiger partial charge in [0.1, 0.15) is 5.75 Å². The van der Waals surface area contributed by atoms with Crippen LogP contribution in [-0.4, -0.2) is 12.5 Å². The molecule has 0 bridgehead atoms. The molecule has 0 unspecified atom stereocenters. The normalized spacial score (nSPS) is 11.2. The van der Waals surface area contributed by atoms with E-state index < -0.39 is 0 Å². The van der Waals surface area contributed by atoms with Crippen LogP contribution >= 0.6 is 11.3 Å². The third-order valence-corrected chi connectivity index (χ3v) is 8.30. The topological polar surface area (TPSA) is 42.2 Å². The van der Waals surface area contributed by atoms with Crippen molar-refractivity contribution >= 4 is 22.9 Å². The van der Waals surface area contributed by atoms with Crippen LogP contribution in [0.15, 0.2) is 59.6 Å². The molecule has 0 aliphatic heterocycles. The van der Waals surface area contributed by atoms with Gasteiger partial charge in [0, 0.05) is 16.8 Å². The maximum Gasteiger partial charge on any atom is 0.228 e. The summed E-state index contributed by atoms with van der Waals surface area (Å²) < 4.78 is 8.57. The van der Waals surface area contributed by atoms with Gasteiger partial charge in [-0.05, 0) is 29.5 Å². The zero-order valence-electron chi connectivity index (χ0n) is 26.4. The largest absolute Gasteiger partial charge is 1.00 e. The van der Waals surface area contributed by atoms with Gasteiger partial charge in [-0.15, -0.1) is 0 Å². The van der Waals surface area contributed by atoms with E-state index in [4.69, 9.17) is 4.74 Å². The lowest BCUT2D eigenvalue weighted by Crippen LogP contribution is -3.00. The molecule has 0 radical (unpaired) electrons. The highest BCUT2D eigenvalue weighted by atomic mass is 79.9. The summed E-state index contributed by atoms with van der Waals surface area (Å²) in [6.07, 6.45) is 18.3. The number of nitrogens with one attached hydrogen (secondary N) is 1. The number of carbonyl (C=O) groups excluding carboxylic acids is 1. The molecular weight excluding hydrogens is 604 g/mol. The third kappa shape index (κ3) is 13.4. The number of rotatable bonds is 19. The molecule has 1 N–H and O–H groups in total. The molecule has 0 aliphatic rings. The quantitative estimate of drug-likeness (QED) is 0.116. The van der Waals surface area contributed by atoms with Crippen molar-refractivity contribution in [3.05, 3.63) is 76.2 Å². The Bertz CT molecular complexity index is 1140. The molecule has 3 aromatic rings. The molecule has 0 spiro atoms. The Balaban J connectivity index is 0.00000616. The molecule has 4 nitrogen and oxygen atoms in total. The first-order valence-electron chi connectivity index (χ1n) is 15.9. The first-order chi connectivity index (χ1) is 19.9. The maximum atomic E-state index is 13.1. The number of ether oxygens (including phenoxy) is 1. The zero-order chi connectivity index (χ0) is 29.3. The van der Waals surface area contributed by atoms with Crippen LogP contribution < -0.4 is 31.6 Å². The van der Waals surface area contributed by atoms with Gasteiger partial charge in [-0.1, -0.05) is 140 Å². The van der Waals surface area contributed by atoms with Crippen molar-refractivity contribution < 1.29 is 31.1 Å². The fourth-order valence-corrected chi connectivity index (χ4v) is 5.83. The second kappa shape index (κ2) is 19.9. The van der Waals surface area contributed by atoms with E-state index in [0.717, 1.165) is 35.5 Å². The van der Waals surface area contributed by atoms with Crippen LogP contribution in [0, 0.1) is 0 Å². The molecule has 42 heavy (non-hydrogen) atoms. The van der Waals surface area contributed by atoms with E-state index >= 15 is 0 Å². The number of unbranched alkanes of at least 4 members (excludes halogenated alkanes) is 11. The highest BCUT2D eigenvalue weighted by molar-refractivity contribution is 7.07. The Morgan fingerprint density at radius 3 is 2.05 bits per heavy atom. The van der Waals surface area contributed by atoms with E-state index in [2.05, 4.69) is 78.9 Å². The summed E-state index contributed by atoms with van der Waals surface area (Å²) in [5.41, 5.74) is 6.18. The van der Waals surface area contributed by atoms with Gasteiger partial charge >= 0.3 is 0 Å². The third-order valence-electron chi connectivity index (χ3n) is 7.63.